The Bertz CT molecular complexity index is 1200. The molecule has 1 aromatic heterocycles. The molecule has 0 saturated carbocycles. The Morgan fingerprint density at radius 3 is 2.09 bits per heavy atom. The molecule has 0 saturated heterocycles. The lowest BCUT2D eigenvalue weighted by molar-refractivity contribution is -0.274. The van der Waals surface area contributed by atoms with Crippen LogP contribution in [0.2, 0.25) is 0 Å². The Hall–Kier alpha value is -3.69. The molecule has 176 valence electrons. The fraction of sp³-hybridized carbons (Fsp3) is 0.304. The third-order valence-corrected chi connectivity index (χ3v) is 4.94. The van der Waals surface area contributed by atoms with Gasteiger partial charge < -0.3 is 14.6 Å². The van der Waals surface area contributed by atoms with E-state index in [9.17, 15) is 27.9 Å². The van der Waals surface area contributed by atoms with E-state index < -0.39 is 17.9 Å². The van der Waals surface area contributed by atoms with Crippen LogP contribution in [0.4, 0.5) is 13.2 Å². The molecule has 33 heavy (non-hydrogen) atoms. The number of carbonyl (C=O) groups is 1. The van der Waals surface area contributed by atoms with Gasteiger partial charge in [0.2, 0.25) is 0 Å². The standard InChI is InChI=1S/C23H23F3N2O5/c1-14-11-16(12-15(2)19(14)33-22(3,4)20(29)30)13-27-9-10-28(21(27)31)17-5-7-18(8-6-17)32-23(24,25)26/h5-12H,13H2,1-4H3,(H,29,30). The quantitative estimate of drug-likeness (QED) is 0.559. The molecule has 0 amide bonds. The van der Waals surface area contributed by atoms with Gasteiger partial charge >= 0.3 is 18.0 Å². The number of nitrogens with zero attached hydrogens (tertiary/aromatic N) is 2. The Morgan fingerprint density at radius 1 is 1.00 bits per heavy atom. The number of hydrogen-bond acceptors (Lipinski definition) is 4. The molecule has 0 fully saturated rings. The third-order valence-electron chi connectivity index (χ3n) is 4.94. The fourth-order valence-corrected chi connectivity index (χ4v) is 3.33. The zero-order valence-corrected chi connectivity index (χ0v) is 18.4. The molecule has 0 spiro atoms. The maximum absolute atomic E-state index is 12.8. The first-order valence-electron chi connectivity index (χ1n) is 9.93. The molecule has 2 aromatic carbocycles. The number of aromatic nitrogens is 2. The number of hydrogen-bond donors (Lipinski definition) is 1. The minimum absolute atomic E-state index is 0.241. The summed E-state index contributed by atoms with van der Waals surface area (Å²) in [6, 6.07) is 8.61. The average Bonchev–Trinajstić information content (AvgIpc) is 3.04. The van der Waals surface area contributed by atoms with Crippen LogP contribution >= 0.6 is 0 Å². The second-order valence-corrected chi connectivity index (χ2v) is 8.10. The van der Waals surface area contributed by atoms with Crippen molar-refractivity contribution in [1.29, 1.82) is 0 Å². The predicted octanol–water partition coefficient (Wildman–Crippen LogP) is 4.44. The smallest absolute Gasteiger partial charge is 0.478 e. The molecule has 0 aliphatic carbocycles. The van der Waals surface area contributed by atoms with Crippen LogP contribution in [0.1, 0.15) is 30.5 Å². The Balaban J connectivity index is 1.82. The third kappa shape index (κ3) is 5.57. The van der Waals surface area contributed by atoms with Gasteiger partial charge in [-0.05, 0) is 68.7 Å². The van der Waals surface area contributed by atoms with E-state index in [2.05, 4.69) is 4.74 Å². The van der Waals surface area contributed by atoms with Gasteiger partial charge in [-0.3, -0.25) is 9.13 Å². The van der Waals surface area contributed by atoms with Gasteiger partial charge in [0.15, 0.2) is 5.60 Å². The number of imidazole rings is 1. The zero-order chi connectivity index (χ0) is 24.6. The highest BCUT2D eigenvalue weighted by Crippen LogP contribution is 2.29. The summed E-state index contributed by atoms with van der Waals surface area (Å²) in [5, 5.41) is 9.30. The largest absolute Gasteiger partial charge is 0.573 e. The molecule has 0 atom stereocenters. The monoisotopic (exact) mass is 464 g/mol. The predicted molar refractivity (Wildman–Crippen MR) is 114 cm³/mol. The van der Waals surface area contributed by atoms with Crippen molar-refractivity contribution in [3.05, 3.63) is 76.0 Å². The van der Waals surface area contributed by atoms with Crippen molar-refractivity contribution < 1.29 is 32.5 Å². The Labute approximate surface area is 187 Å². The molecule has 3 aromatic rings. The van der Waals surface area contributed by atoms with Crippen LogP contribution in [0.5, 0.6) is 11.5 Å². The van der Waals surface area contributed by atoms with E-state index in [0.29, 0.717) is 11.4 Å². The number of benzene rings is 2. The second kappa shape index (κ2) is 8.68. The van der Waals surface area contributed by atoms with Gasteiger partial charge in [-0.2, -0.15) is 0 Å². The summed E-state index contributed by atoms with van der Waals surface area (Å²) in [5.74, 6) is -0.994. The first kappa shape index (κ1) is 24.0. The van der Waals surface area contributed by atoms with Crippen molar-refractivity contribution in [2.75, 3.05) is 0 Å². The molecule has 10 heteroatoms. The Kier molecular flexibility index (Phi) is 6.31. The van der Waals surface area contributed by atoms with Crippen LogP contribution in [-0.4, -0.2) is 32.2 Å². The summed E-state index contributed by atoms with van der Waals surface area (Å²) in [6.45, 7) is 6.76. The van der Waals surface area contributed by atoms with Gasteiger partial charge in [0.25, 0.3) is 0 Å². The van der Waals surface area contributed by atoms with Crippen LogP contribution in [-0.2, 0) is 11.3 Å². The van der Waals surface area contributed by atoms with E-state index in [4.69, 9.17) is 4.74 Å². The highest BCUT2D eigenvalue weighted by atomic mass is 19.4. The molecule has 1 heterocycles. The van der Waals surface area contributed by atoms with Gasteiger partial charge in [0, 0.05) is 12.4 Å². The van der Waals surface area contributed by atoms with Crippen LogP contribution < -0.4 is 15.2 Å². The average molecular weight is 464 g/mol. The maximum Gasteiger partial charge on any atom is 0.573 e. The van der Waals surface area contributed by atoms with Crippen LogP contribution in [0.25, 0.3) is 5.69 Å². The lowest BCUT2D eigenvalue weighted by atomic mass is 10.0. The second-order valence-electron chi connectivity index (χ2n) is 8.10. The zero-order valence-electron chi connectivity index (χ0n) is 18.4. The van der Waals surface area contributed by atoms with E-state index in [1.54, 1.807) is 20.0 Å². The van der Waals surface area contributed by atoms with Crippen LogP contribution in [0.15, 0.2) is 53.6 Å². The molecule has 0 bridgehead atoms. The first-order valence-corrected chi connectivity index (χ1v) is 9.93. The SMILES string of the molecule is Cc1cc(Cn2ccn(-c3ccc(OC(F)(F)F)cc3)c2=O)cc(C)c1OC(C)(C)C(=O)O. The van der Waals surface area contributed by atoms with Gasteiger partial charge in [-0.25, -0.2) is 9.59 Å². The molecule has 0 radical (unpaired) electrons. The van der Waals surface area contributed by atoms with Gasteiger partial charge in [-0.15, -0.1) is 13.2 Å². The molecular formula is C23H23F3N2O5. The summed E-state index contributed by atoms with van der Waals surface area (Å²) < 4.78 is 49.3. The minimum Gasteiger partial charge on any atom is -0.478 e. The molecule has 1 N–H and O–H groups in total. The maximum atomic E-state index is 12.8. The molecule has 7 nitrogen and oxygen atoms in total. The van der Waals surface area contributed by atoms with Crippen molar-refractivity contribution in [3.8, 4) is 17.2 Å². The van der Waals surface area contributed by atoms with Crippen molar-refractivity contribution in [2.45, 2.75) is 46.2 Å². The lowest BCUT2D eigenvalue weighted by Gasteiger charge is -2.24. The van der Waals surface area contributed by atoms with Crippen molar-refractivity contribution >= 4 is 5.97 Å². The van der Waals surface area contributed by atoms with Crippen molar-refractivity contribution in [2.24, 2.45) is 0 Å². The number of aryl methyl sites for hydroxylation is 2. The van der Waals surface area contributed by atoms with E-state index in [-0.39, 0.29) is 18.0 Å². The molecule has 0 aliphatic rings. The number of carboxylic acid groups (broad SMARTS) is 1. The molecular weight excluding hydrogens is 441 g/mol. The Morgan fingerprint density at radius 2 is 1.58 bits per heavy atom. The van der Waals surface area contributed by atoms with Crippen molar-refractivity contribution in [1.82, 2.24) is 9.13 Å². The number of ether oxygens (including phenoxy) is 2. The minimum atomic E-state index is -4.79. The number of carboxylic acids is 1. The van der Waals surface area contributed by atoms with E-state index in [1.165, 1.54) is 41.3 Å². The highest BCUT2D eigenvalue weighted by molar-refractivity contribution is 5.77. The first-order chi connectivity index (χ1) is 15.3. The number of alkyl halides is 3. The van der Waals surface area contributed by atoms with E-state index in [0.717, 1.165) is 28.8 Å². The molecule has 0 unspecified atom stereocenters. The van der Waals surface area contributed by atoms with Gasteiger partial charge in [0.05, 0.1) is 12.2 Å². The highest BCUT2D eigenvalue weighted by Gasteiger charge is 2.31. The van der Waals surface area contributed by atoms with Crippen LogP contribution in [0, 0.1) is 13.8 Å². The lowest BCUT2D eigenvalue weighted by Crippen LogP contribution is -2.38. The van der Waals surface area contributed by atoms with Gasteiger partial charge in [-0.1, -0.05) is 12.1 Å². The summed E-state index contributed by atoms with van der Waals surface area (Å²) in [6.07, 6.45) is -1.69. The number of rotatable bonds is 7. The summed E-state index contributed by atoms with van der Waals surface area (Å²) in [5.41, 5.74) is 0.882. The van der Waals surface area contributed by atoms with Gasteiger partial charge in [0.1, 0.15) is 11.5 Å². The van der Waals surface area contributed by atoms with E-state index in [1.807, 2.05) is 12.1 Å². The normalized spacial score (nSPS) is 12.0. The molecule has 0 aliphatic heterocycles. The van der Waals surface area contributed by atoms with E-state index >= 15 is 0 Å². The number of halogens is 3. The van der Waals surface area contributed by atoms with Crippen molar-refractivity contribution in [3.63, 3.8) is 0 Å². The van der Waals surface area contributed by atoms with Crippen LogP contribution in [0.3, 0.4) is 0 Å². The number of aliphatic carboxylic acids is 1. The molecule has 3 rings (SSSR count). The summed E-state index contributed by atoms with van der Waals surface area (Å²) in [4.78, 5) is 24.2. The summed E-state index contributed by atoms with van der Waals surface area (Å²) >= 11 is 0. The topological polar surface area (TPSA) is 82.7 Å². The fourth-order valence-electron chi connectivity index (χ4n) is 3.33. The summed E-state index contributed by atoms with van der Waals surface area (Å²) in [7, 11) is 0.